The highest BCUT2D eigenvalue weighted by Crippen LogP contribution is 2.37. The summed E-state index contributed by atoms with van der Waals surface area (Å²) in [7, 11) is 0. The zero-order valence-corrected chi connectivity index (χ0v) is 12.8. The van der Waals surface area contributed by atoms with E-state index in [-0.39, 0.29) is 18.1 Å². The Morgan fingerprint density at radius 3 is 3.18 bits per heavy atom. The van der Waals surface area contributed by atoms with E-state index in [0.29, 0.717) is 6.54 Å². The van der Waals surface area contributed by atoms with Gasteiger partial charge in [0.15, 0.2) is 0 Å². The average Bonchev–Trinajstić information content (AvgIpc) is 3.05. The van der Waals surface area contributed by atoms with Crippen LogP contribution in [0.25, 0.3) is 0 Å². The summed E-state index contributed by atoms with van der Waals surface area (Å²) in [4.78, 5) is 13.7. The van der Waals surface area contributed by atoms with Crippen LogP contribution < -0.4 is 5.32 Å². The molecule has 2 bridgehead atoms. The molecule has 0 spiro atoms. The molecule has 3 rings (SSSR count). The largest absolute Gasteiger partial charge is 0.389 e. The van der Waals surface area contributed by atoms with Crippen LogP contribution in [0.5, 0.6) is 0 Å². The number of allylic oxidation sites excluding steroid dienone is 1. The van der Waals surface area contributed by atoms with Gasteiger partial charge in [-0.1, -0.05) is 11.7 Å². The van der Waals surface area contributed by atoms with E-state index in [9.17, 15) is 10.0 Å². The third-order valence-corrected chi connectivity index (χ3v) is 4.29. The molecule has 1 aromatic rings. The van der Waals surface area contributed by atoms with Crippen LogP contribution in [0.1, 0.15) is 43.7 Å². The van der Waals surface area contributed by atoms with Gasteiger partial charge < -0.3 is 14.7 Å². The minimum Gasteiger partial charge on any atom is -0.389 e. The monoisotopic (exact) mass is 306 g/mol. The lowest BCUT2D eigenvalue weighted by molar-refractivity contribution is -0.0584. The first kappa shape index (κ1) is 14.9. The van der Waals surface area contributed by atoms with E-state index in [4.69, 9.17) is 4.52 Å². The zero-order chi connectivity index (χ0) is 15.7. The molecule has 0 saturated carbocycles. The quantitative estimate of drug-likeness (QED) is 0.621. The number of urea groups is 1. The minimum absolute atomic E-state index is 0.0802. The number of rotatable bonds is 6. The number of aromatic nitrogens is 1. The minimum atomic E-state index is -0.331. The Kier molecular flexibility index (Phi) is 4.06. The van der Waals surface area contributed by atoms with Crippen LogP contribution in [-0.4, -0.2) is 45.5 Å². The van der Waals surface area contributed by atoms with Crippen LogP contribution in [0, 0.1) is 0 Å². The maximum Gasteiger partial charge on any atom is 0.344 e. The van der Waals surface area contributed by atoms with Crippen molar-refractivity contribution in [3.8, 4) is 0 Å². The first-order valence-corrected chi connectivity index (χ1v) is 7.70. The number of carbonyl (C=O) groups excluding carboxylic acids is 1. The zero-order valence-electron chi connectivity index (χ0n) is 12.8. The van der Waals surface area contributed by atoms with Crippen LogP contribution in [0.3, 0.4) is 0 Å². The fourth-order valence-electron chi connectivity index (χ4n) is 3.13. The van der Waals surface area contributed by atoms with Crippen LogP contribution >= 0.6 is 0 Å². The number of hydrogen-bond acceptors (Lipinski definition) is 5. The number of piperidine rings is 1. The van der Waals surface area contributed by atoms with Crippen molar-refractivity contribution < 1.29 is 14.5 Å². The summed E-state index contributed by atoms with van der Waals surface area (Å²) in [6.07, 6.45) is 3.31. The summed E-state index contributed by atoms with van der Waals surface area (Å²) in [5.41, 5.74) is 1.74. The molecule has 2 aliphatic rings. The first-order valence-electron chi connectivity index (χ1n) is 7.70. The second-order valence-corrected chi connectivity index (χ2v) is 6.06. The Hall–Kier alpha value is -2.02. The molecular weight excluding hydrogens is 284 g/mol. The summed E-state index contributed by atoms with van der Waals surface area (Å²) >= 11 is 0. The van der Waals surface area contributed by atoms with Gasteiger partial charge in [-0.3, -0.25) is 5.21 Å². The molecule has 3 heterocycles. The van der Waals surface area contributed by atoms with Crippen molar-refractivity contribution in [2.75, 3.05) is 13.1 Å². The summed E-state index contributed by atoms with van der Waals surface area (Å²) in [5.74, 6) is 0.827. The molecule has 2 amide bonds. The molecule has 2 saturated heterocycles. The highest BCUT2D eigenvalue weighted by molar-refractivity contribution is 5.76. The van der Waals surface area contributed by atoms with Crippen molar-refractivity contribution in [1.29, 1.82) is 0 Å². The summed E-state index contributed by atoms with van der Waals surface area (Å²) in [6, 6.07) is 1.43. The lowest BCUT2D eigenvalue weighted by atomic mass is 9.98. The van der Waals surface area contributed by atoms with Gasteiger partial charge in [-0.2, -0.15) is 0 Å². The van der Waals surface area contributed by atoms with Gasteiger partial charge in [0.2, 0.25) is 0 Å². The standard InChI is InChI=1S/C15H22N4O3/c1-10(2)16-7-3-4-12-8-13(17-22-12)14-6-5-11-9-18(14)15(20)19(11)21/h8,11,14,16,21H,1,3-7,9H2,2H3/t11-,14+/m1/s1. The summed E-state index contributed by atoms with van der Waals surface area (Å²) in [5, 5.41) is 17.9. The Labute approximate surface area is 129 Å². The second kappa shape index (κ2) is 6.00. The second-order valence-electron chi connectivity index (χ2n) is 6.06. The normalized spacial score (nSPS) is 24.0. The molecule has 0 unspecified atom stereocenters. The van der Waals surface area contributed by atoms with Gasteiger partial charge >= 0.3 is 6.03 Å². The smallest absolute Gasteiger partial charge is 0.344 e. The SMILES string of the molecule is C=C(C)NCCCc1cc([C@@H]2CC[C@@H]3CN2C(=O)N3O)no1. The fraction of sp³-hybridized carbons (Fsp3) is 0.600. The van der Waals surface area contributed by atoms with Gasteiger partial charge in [-0.25, -0.2) is 9.86 Å². The van der Waals surface area contributed by atoms with Crippen LogP contribution in [-0.2, 0) is 6.42 Å². The van der Waals surface area contributed by atoms with Gasteiger partial charge in [-0.15, -0.1) is 0 Å². The molecule has 2 atom stereocenters. The Morgan fingerprint density at radius 2 is 2.41 bits per heavy atom. The molecule has 0 aliphatic carbocycles. The molecule has 2 aliphatic heterocycles. The lowest BCUT2D eigenvalue weighted by Gasteiger charge is -2.28. The van der Waals surface area contributed by atoms with Crippen molar-refractivity contribution in [3.05, 3.63) is 29.8 Å². The lowest BCUT2D eigenvalue weighted by Crippen LogP contribution is -2.34. The first-order chi connectivity index (χ1) is 10.6. The predicted molar refractivity (Wildman–Crippen MR) is 79.1 cm³/mol. The number of hydrogen-bond donors (Lipinski definition) is 2. The highest BCUT2D eigenvalue weighted by atomic mass is 16.5. The van der Waals surface area contributed by atoms with Gasteiger partial charge in [0.1, 0.15) is 11.5 Å². The molecular formula is C15H22N4O3. The van der Waals surface area contributed by atoms with Crippen molar-refractivity contribution in [3.63, 3.8) is 0 Å². The Bertz CT molecular complexity index is 571. The fourth-order valence-corrected chi connectivity index (χ4v) is 3.13. The molecule has 7 nitrogen and oxygen atoms in total. The number of amides is 2. The van der Waals surface area contributed by atoms with E-state index in [1.807, 2.05) is 13.0 Å². The summed E-state index contributed by atoms with van der Waals surface area (Å²) in [6.45, 7) is 7.13. The van der Waals surface area contributed by atoms with E-state index in [0.717, 1.165) is 54.4 Å². The predicted octanol–water partition coefficient (Wildman–Crippen LogP) is 2.06. The van der Waals surface area contributed by atoms with Crippen molar-refractivity contribution in [2.24, 2.45) is 0 Å². The number of carbonyl (C=O) groups is 1. The van der Waals surface area contributed by atoms with Crippen molar-refractivity contribution >= 4 is 6.03 Å². The van der Waals surface area contributed by atoms with Gasteiger partial charge in [0, 0.05) is 31.3 Å². The number of fused-ring (bicyclic) bond motifs is 2. The number of nitrogens with one attached hydrogen (secondary N) is 1. The average molecular weight is 306 g/mol. The van der Waals surface area contributed by atoms with E-state index in [1.165, 1.54) is 0 Å². The Morgan fingerprint density at radius 1 is 1.59 bits per heavy atom. The van der Waals surface area contributed by atoms with E-state index < -0.39 is 0 Å². The van der Waals surface area contributed by atoms with Gasteiger partial charge in [-0.05, 0) is 26.2 Å². The molecule has 2 N–H and O–H groups in total. The molecule has 0 aromatic carbocycles. The molecule has 22 heavy (non-hydrogen) atoms. The molecule has 120 valence electrons. The van der Waals surface area contributed by atoms with Crippen molar-refractivity contribution in [2.45, 2.75) is 44.7 Å². The maximum absolute atomic E-state index is 12.0. The third-order valence-electron chi connectivity index (χ3n) is 4.29. The van der Waals surface area contributed by atoms with E-state index >= 15 is 0 Å². The van der Waals surface area contributed by atoms with Gasteiger partial charge in [0.25, 0.3) is 0 Å². The van der Waals surface area contributed by atoms with Crippen molar-refractivity contribution in [1.82, 2.24) is 20.4 Å². The summed E-state index contributed by atoms with van der Waals surface area (Å²) < 4.78 is 5.38. The topological polar surface area (TPSA) is 81.8 Å². The van der Waals surface area contributed by atoms with Crippen LogP contribution in [0.15, 0.2) is 22.9 Å². The van der Waals surface area contributed by atoms with E-state index in [1.54, 1.807) is 4.90 Å². The Balaban J connectivity index is 1.59. The van der Waals surface area contributed by atoms with Gasteiger partial charge in [0.05, 0.1) is 12.1 Å². The molecule has 2 fully saturated rings. The molecule has 0 radical (unpaired) electrons. The molecule has 7 heteroatoms. The van der Waals surface area contributed by atoms with Crippen LogP contribution in [0.2, 0.25) is 0 Å². The third kappa shape index (κ3) is 2.81. The number of nitrogens with zero attached hydrogens (tertiary/aromatic N) is 3. The van der Waals surface area contributed by atoms with Crippen LogP contribution in [0.4, 0.5) is 4.79 Å². The highest BCUT2D eigenvalue weighted by Gasteiger charge is 2.45. The number of aryl methyl sites for hydroxylation is 1. The molecule has 1 aromatic heterocycles. The van der Waals surface area contributed by atoms with E-state index in [2.05, 4.69) is 17.1 Å². The maximum atomic E-state index is 12.0. The number of hydroxylamine groups is 2.